The van der Waals surface area contributed by atoms with Crippen molar-refractivity contribution in [1.82, 2.24) is 0 Å². The van der Waals surface area contributed by atoms with Crippen LogP contribution in [0, 0.1) is 18.6 Å². The lowest BCUT2D eigenvalue weighted by atomic mass is 10.2. The topological polar surface area (TPSA) is 41.1 Å². The number of hydrogen-bond acceptors (Lipinski definition) is 1. The molecule has 2 N–H and O–H groups in total. The van der Waals surface area contributed by atoms with Gasteiger partial charge in [-0.2, -0.15) is 0 Å². The number of nitrogens with one attached hydrogen (secondary N) is 2. The molecule has 0 heterocycles. The third kappa shape index (κ3) is 3.33. The van der Waals surface area contributed by atoms with Crippen molar-refractivity contribution in [1.29, 1.82) is 0 Å². The zero-order valence-electron chi connectivity index (χ0n) is 10.5. The van der Waals surface area contributed by atoms with Crippen LogP contribution in [0.25, 0.3) is 0 Å². The maximum atomic E-state index is 13.4. The van der Waals surface area contributed by atoms with Crippen LogP contribution in [-0.4, -0.2) is 6.03 Å². The third-order valence-electron chi connectivity index (χ3n) is 2.64. The molecule has 2 aromatic rings. The first-order valence-corrected chi connectivity index (χ1v) is 6.55. The van der Waals surface area contributed by atoms with Crippen LogP contribution in [-0.2, 0) is 0 Å². The van der Waals surface area contributed by atoms with Crippen molar-refractivity contribution in [3.8, 4) is 0 Å². The highest BCUT2D eigenvalue weighted by Gasteiger charge is 2.10. The molecule has 2 amide bonds. The summed E-state index contributed by atoms with van der Waals surface area (Å²) >= 11 is 3.04. The van der Waals surface area contributed by atoms with Crippen molar-refractivity contribution >= 4 is 33.3 Å². The van der Waals surface area contributed by atoms with Crippen molar-refractivity contribution in [2.75, 3.05) is 10.6 Å². The predicted octanol–water partition coefficient (Wildman–Crippen LogP) is 4.68. The van der Waals surface area contributed by atoms with Gasteiger partial charge in [0.2, 0.25) is 0 Å². The molecule has 0 spiro atoms. The van der Waals surface area contributed by atoms with Crippen LogP contribution < -0.4 is 10.6 Å². The van der Waals surface area contributed by atoms with Crippen LogP contribution in [0.4, 0.5) is 25.0 Å². The van der Waals surface area contributed by atoms with E-state index in [1.54, 1.807) is 13.0 Å². The largest absolute Gasteiger partial charge is 0.323 e. The molecule has 0 aliphatic carbocycles. The van der Waals surface area contributed by atoms with E-state index >= 15 is 0 Å². The van der Waals surface area contributed by atoms with Crippen LogP contribution in [0.15, 0.2) is 40.9 Å². The van der Waals surface area contributed by atoms with E-state index in [0.29, 0.717) is 11.3 Å². The van der Waals surface area contributed by atoms with Crippen molar-refractivity contribution < 1.29 is 13.6 Å². The average Bonchev–Trinajstić information content (AvgIpc) is 2.39. The fraction of sp³-hybridized carbons (Fsp3) is 0.0714. The summed E-state index contributed by atoms with van der Waals surface area (Å²) in [5.74, 6) is -0.942. The van der Waals surface area contributed by atoms with Gasteiger partial charge in [0, 0.05) is 5.69 Å². The van der Waals surface area contributed by atoms with Gasteiger partial charge in [-0.15, -0.1) is 0 Å². The summed E-state index contributed by atoms with van der Waals surface area (Å²) in [5.41, 5.74) is 1.07. The molecule has 2 aromatic carbocycles. The smallest absolute Gasteiger partial charge is 0.307 e. The first-order chi connectivity index (χ1) is 9.47. The molecule has 0 aromatic heterocycles. The summed E-state index contributed by atoms with van der Waals surface area (Å²) in [4.78, 5) is 11.8. The highest BCUT2D eigenvalue weighted by molar-refractivity contribution is 9.10. The molecule has 0 aliphatic rings. The maximum absolute atomic E-state index is 13.4. The Morgan fingerprint density at radius 1 is 1.05 bits per heavy atom. The Bertz CT molecular complexity index is 662. The van der Waals surface area contributed by atoms with Crippen molar-refractivity contribution in [3.63, 3.8) is 0 Å². The molecule has 20 heavy (non-hydrogen) atoms. The monoisotopic (exact) mass is 340 g/mol. The molecule has 0 bridgehead atoms. The number of urea groups is 1. The molecule has 104 valence electrons. The Balaban J connectivity index is 2.13. The molecule has 6 heteroatoms. The maximum Gasteiger partial charge on any atom is 0.323 e. The number of hydrogen-bond donors (Lipinski definition) is 2. The van der Waals surface area contributed by atoms with Crippen molar-refractivity contribution in [3.05, 3.63) is 58.1 Å². The van der Waals surface area contributed by atoms with E-state index in [4.69, 9.17) is 0 Å². The van der Waals surface area contributed by atoms with E-state index in [-0.39, 0.29) is 10.2 Å². The van der Waals surface area contributed by atoms with Gasteiger partial charge in [0.1, 0.15) is 11.6 Å². The van der Waals surface area contributed by atoms with Crippen LogP contribution >= 0.6 is 15.9 Å². The Hall–Kier alpha value is -1.95. The molecule has 0 saturated carbocycles. The molecular weight excluding hydrogens is 330 g/mol. The number of halogens is 3. The zero-order valence-corrected chi connectivity index (χ0v) is 12.1. The fourth-order valence-electron chi connectivity index (χ4n) is 1.62. The van der Waals surface area contributed by atoms with Crippen LogP contribution in [0.5, 0.6) is 0 Å². The summed E-state index contributed by atoms with van der Waals surface area (Å²) in [7, 11) is 0. The number of rotatable bonds is 2. The molecule has 0 radical (unpaired) electrons. The lowest BCUT2D eigenvalue weighted by Gasteiger charge is -2.11. The van der Waals surface area contributed by atoms with Crippen molar-refractivity contribution in [2.24, 2.45) is 0 Å². The second kappa shape index (κ2) is 6.00. The van der Waals surface area contributed by atoms with Crippen molar-refractivity contribution in [2.45, 2.75) is 6.92 Å². The molecule has 0 fully saturated rings. The number of benzene rings is 2. The van der Waals surface area contributed by atoms with Gasteiger partial charge < -0.3 is 10.6 Å². The normalized spacial score (nSPS) is 10.2. The van der Waals surface area contributed by atoms with E-state index < -0.39 is 17.7 Å². The van der Waals surface area contributed by atoms with E-state index in [1.807, 2.05) is 0 Å². The molecular formula is C14H11BrF2N2O. The van der Waals surface area contributed by atoms with E-state index in [9.17, 15) is 13.6 Å². The number of amides is 2. The molecule has 0 aliphatic heterocycles. The van der Waals surface area contributed by atoms with Crippen LogP contribution in [0.2, 0.25) is 0 Å². The van der Waals surface area contributed by atoms with E-state index in [2.05, 4.69) is 26.6 Å². The SMILES string of the molecule is Cc1cc(F)c(Br)cc1NC(=O)Nc1ccccc1F. The first kappa shape index (κ1) is 14.5. The van der Waals surface area contributed by atoms with Gasteiger partial charge in [0.15, 0.2) is 0 Å². The number of anilines is 2. The Kier molecular flexibility index (Phi) is 4.34. The summed E-state index contributed by atoms with van der Waals surface area (Å²) < 4.78 is 26.9. The first-order valence-electron chi connectivity index (χ1n) is 5.75. The second-order valence-electron chi connectivity index (χ2n) is 4.14. The molecule has 0 unspecified atom stereocenters. The summed E-state index contributed by atoms with van der Waals surface area (Å²) in [5, 5.41) is 4.93. The standard InChI is InChI=1S/C14H11BrF2N2O/c1-8-6-11(17)9(15)7-13(8)19-14(20)18-12-5-3-2-4-10(12)16/h2-7H,1H3,(H2,18,19,20). The number of para-hydroxylation sites is 1. The minimum atomic E-state index is -0.600. The molecule has 2 rings (SSSR count). The van der Waals surface area contributed by atoms with Gasteiger partial charge in [0.25, 0.3) is 0 Å². The van der Waals surface area contributed by atoms with Crippen LogP contribution in [0.3, 0.4) is 0 Å². The number of carbonyl (C=O) groups excluding carboxylic acids is 1. The molecule has 0 saturated heterocycles. The Morgan fingerprint density at radius 2 is 1.70 bits per heavy atom. The predicted molar refractivity (Wildman–Crippen MR) is 77.9 cm³/mol. The van der Waals surface area contributed by atoms with Gasteiger partial charge in [0.05, 0.1) is 10.2 Å². The zero-order chi connectivity index (χ0) is 14.7. The van der Waals surface area contributed by atoms with Gasteiger partial charge in [-0.25, -0.2) is 13.6 Å². The summed E-state index contributed by atoms with van der Waals surface area (Å²) in [6.07, 6.45) is 0. The lowest BCUT2D eigenvalue weighted by molar-refractivity contribution is 0.262. The summed E-state index contributed by atoms with van der Waals surface area (Å²) in [6, 6.07) is 7.97. The fourth-order valence-corrected chi connectivity index (χ4v) is 1.96. The summed E-state index contributed by atoms with van der Waals surface area (Å²) in [6.45, 7) is 1.66. The number of carbonyl (C=O) groups is 1. The van der Waals surface area contributed by atoms with Gasteiger partial charge in [-0.05, 0) is 52.7 Å². The second-order valence-corrected chi connectivity index (χ2v) is 4.99. The highest BCUT2D eigenvalue weighted by Crippen LogP contribution is 2.24. The van der Waals surface area contributed by atoms with Gasteiger partial charge in [-0.1, -0.05) is 12.1 Å². The highest BCUT2D eigenvalue weighted by atomic mass is 79.9. The minimum Gasteiger partial charge on any atom is -0.307 e. The minimum absolute atomic E-state index is 0.0730. The third-order valence-corrected chi connectivity index (χ3v) is 3.25. The average molecular weight is 341 g/mol. The number of aryl methyl sites for hydroxylation is 1. The van der Waals surface area contributed by atoms with E-state index in [1.165, 1.54) is 30.3 Å². The quantitative estimate of drug-likeness (QED) is 0.818. The van der Waals surface area contributed by atoms with Crippen LogP contribution in [0.1, 0.15) is 5.56 Å². The lowest BCUT2D eigenvalue weighted by Crippen LogP contribution is -2.20. The van der Waals surface area contributed by atoms with Gasteiger partial charge in [-0.3, -0.25) is 0 Å². The molecule has 3 nitrogen and oxygen atoms in total. The molecule has 0 atom stereocenters. The Morgan fingerprint density at radius 3 is 2.40 bits per heavy atom. The Labute approximate surface area is 123 Å². The van der Waals surface area contributed by atoms with E-state index in [0.717, 1.165) is 0 Å². The van der Waals surface area contributed by atoms with Gasteiger partial charge >= 0.3 is 6.03 Å².